The molecule has 0 aliphatic heterocycles. The van der Waals surface area contributed by atoms with Gasteiger partial charge in [-0.1, -0.05) is 30.3 Å². The van der Waals surface area contributed by atoms with Crippen LogP contribution < -0.4 is 10.2 Å². The monoisotopic (exact) mass is 491 g/mol. The molecular weight excluding hydrogens is 470 g/mol. The number of aromatic nitrogens is 3. The molecule has 0 bridgehead atoms. The maximum atomic E-state index is 12.8. The van der Waals surface area contributed by atoms with Crippen LogP contribution in [0.1, 0.15) is 11.3 Å². The van der Waals surface area contributed by atoms with Gasteiger partial charge in [-0.15, -0.1) is 0 Å². The van der Waals surface area contributed by atoms with E-state index in [0.717, 1.165) is 11.0 Å². The van der Waals surface area contributed by atoms with Gasteiger partial charge in [0.25, 0.3) is 5.91 Å². The van der Waals surface area contributed by atoms with Crippen LogP contribution in [0.15, 0.2) is 107 Å². The van der Waals surface area contributed by atoms with Crippen molar-refractivity contribution < 1.29 is 18.7 Å². The fourth-order valence-electron chi connectivity index (χ4n) is 3.64. The van der Waals surface area contributed by atoms with Crippen molar-refractivity contribution >= 4 is 35.2 Å². The number of hydrogen-bond acceptors (Lipinski definition) is 7. The summed E-state index contributed by atoms with van der Waals surface area (Å²) < 4.78 is 12.4. The van der Waals surface area contributed by atoms with Gasteiger partial charge < -0.3 is 13.7 Å². The highest BCUT2D eigenvalue weighted by Crippen LogP contribution is 2.23. The summed E-state index contributed by atoms with van der Waals surface area (Å²) in [5.41, 5.74) is 5.28. The van der Waals surface area contributed by atoms with Crippen LogP contribution in [-0.4, -0.2) is 32.6 Å². The number of carbonyl (C=O) groups is 2. The van der Waals surface area contributed by atoms with Crippen molar-refractivity contribution in [3.8, 4) is 17.3 Å². The summed E-state index contributed by atoms with van der Waals surface area (Å²) in [4.78, 5) is 34.0. The summed E-state index contributed by atoms with van der Waals surface area (Å²) in [7, 11) is 0. The summed E-state index contributed by atoms with van der Waals surface area (Å²) in [6.45, 7) is -0.0159. The first-order chi connectivity index (χ1) is 18.2. The fraction of sp³-hybridized carbons (Fsp3) is 0.0357. The molecule has 5 aromatic rings. The van der Waals surface area contributed by atoms with Crippen molar-refractivity contribution in [2.75, 3.05) is 0 Å². The molecule has 9 nitrogen and oxygen atoms in total. The van der Waals surface area contributed by atoms with Gasteiger partial charge in [0, 0.05) is 17.8 Å². The third kappa shape index (κ3) is 5.68. The van der Waals surface area contributed by atoms with Gasteiger partial charge in [0.1, 0.15) is 23.7 Å². The molecule has 0 spiro atoms. The number of para-hydroxylation sites is 3. The minimum atomic E-state index is -0.574. The molecule has 1 N–H and O–H groups in total. The lowest BCUT2D eigenvalue weighted by molar-refractivity contribution is -0.129. The van der Waals surface area contributed by atoms with Crippen molar-refractivity contribution in [2.45, 2.75) is 6.54 Å². The van der Waals surface area contributed by atoms with Gasteiger partial charge in [-0.25, -0.2) is 15.2 Å². The number of esters is 1. The summed E-state index contributed by atoms with van der Waals surface area (Å²) >= 11 is 0. The molecule has 37 heavy (non-hydrogen) atoms. The zero-order chi connectivity index (χ0) is 25.5. The maximum Gasteiger partial charge on any atom is 0.336 e. The molecule has 2 aromatic carbocycles. The first-order valence-corrected chi connectivity index (χ1v) is 11.4. The average Bonchev–Trinajstić information content (AvgIpc) is 3.57. The van der Waals surface area contributed by atoms with Crippen LogP contribution in [0, 0.1) is 0 Å². The molecule has 1 amide bonds. The first kappa shape index (κ1) is 23.4. The number of nitrogens with one attached hydrogen (secondary N) is 1. The molecule has 3 aromatic heterocycles. The quantitative estimate of drug-likeness (QED) is 0.113. The van der Waals surface area contributed by atoms with E-state index in [-0.39, 0.29) is 12.5 Å². The molecule has 0 aliphatic carbocycles. The van der Waals surface area contributed by atoms with Crippen LogP contribution in [0.5, 0.6) is 5.75 Å². The molecule has 0 radical (unpaired) electrons. The van der Waals surface area contributed by atoms with Gasteiger partial charge >= 0.3 is 5.97 Å². The van der Waals surface area contributed by atoms with Gasteiger partial charge in [-0.2, -0.15) is 5.10 Å². The highest BCUT2D eigenvalue weighted by molar-refractivity contribution is 5.91. The largest absolute Gasteiger partial charge is 0.465 e. The number of benzene rings is 2. The fourth-order valence-corrected chi connectivity index (χ4v) is 3.64. The predicted molar refractivity (Wildman–Crippen MR) is 139 cm³/mol. The van der Waals surface area contributed by atoms with Gasteiger partial charge in [0.05, 0.1) is 23.5 Å². The number of pyridine rings is 1. The van der Waals surface area contributed by atoms with Crippen molar-refractivity contribution in [2.24, 2.45) is 5.10 Å². The third-order valence-electron chi connectivity index (χ3n) is 5.30. The number of fused-ring (bicyclic) bond motifs is 1. The number of furan rings is 1. The van der Waals surface area contributed by atoms with E-state index in [4.69, 9.17) is 9.15 Å². The Balaban J connectivity index is 1.28. The van der Waals surface area contributed by atoms with Crippen molar-refractivity contribution in [1.29, 1.82) is 0 Å². The summed E-state index contributed by atoms with van der Waals surface area (Å²) in [6, 6.07) is 23.4. The standard InChI is InChI=1S/C28H21N5O4/c34-26(19-33-24-12-3-2-10-22(24)31-28(33)23-11-5-6-16-29-23)32-30-18-20-8-1-4-13-25(20)37-27(35)15-14-21-9-7-17-36-21/h1-18H,19H2,(H,32,34)/b15-14+,30-18+. The molecule has 0 unspecified atom stereocenters. The van der Waals surface area contributed by atoms with E-state index >= 15 is 0 Å². The summed E-state index contributed by atoms with van der Waals surface area (Å²) in [6.07, 6.45) is 7.39. The molecule has 182 valence electrons. The SMILES string of the molecule is O=C(Cn1c(-c2ccccn2)nc2ccccc21)N/N=C/c1ccccc1OC(=O)/C=C/c1ccco1. The number of ether oxygens (including phenoxy) is 1. The third-order valence-corrected chi connectivity index (χ3v) is 5.30. The van der Waals surface area contributed by atoms with Gasteiger partial charge in [0.2, 0.25) is 0 Å². The highest BCUT2D eigenvalue weighted by Gasteiger charge is 2.15. The smallest absolute Gasteiger partial charge is 0.336 e. The minimum absolute atomic E-state index is 0.0159. The van der Waals surface area contributed by atoms with E-state index in [1.807, 2.05) is 42.5 Å². The number of rotatable bonds is 8. The van der Waals surface area contributed by atoms with Crippen molar-refractivity contribution in [3.05, 3.63) is 109 Å². The topological polar surface area (TPSA) is 112 Å². The van der Waals surface area contributed by atoms with E-state index in [9.17, 15) is 9.59 Å². The van der Waals surface area contributed by atoms with Gasteiger partial charge in [0.15, 0.2) is 5.82 Å². The Morgan fingerprint density at radius 2 is 1.84 bits per heavy atom. The Labute approximate surface area is 211 Å². The van der Waals surface area contributed by atoms with E-state index in [1.54, 1.807) is 47.2 Å². The van der Waals surface area contributed by atoms with E-state index < -0.39 is 5.97 Å². The van der Waals surface area contributed by atoms with Crippen LogP contribution in [0.3, 0.4) is 0 Å². The van der Waals surface area contributed by atoms with Crippen LogP contribution in [0.4, 0.5) is 0 Å². The number of nitrogens with zero attached hydrogens (tertiary/aromatic N) is 4. The molecule has 0 saturated carbocycles. The molecule has 9 heteroatoms. The Hall–Kier alpha value is -5.31. The average molecular weight is 492 g/mol. The number of carbonyl (C=O) groups excluding carboxylic acids is 2. The molecule has 5 rings (SSSR count). The van der Waals surface area contributed by atoms with E-state index in [1.165, 1.54) is 24.6 Å². The second-order valence-corrected chi connectivity index (χ2v) is 7.83. The normalized spacial score (nSPS) is 11.4. The Kier molecular flexibility index (Phi) is 6.94. The first-order valence-electron chi connectivity index (χ1n) is 11.4. The molecule has 3 heterocycles. The number of hydrazone groups is 1. The Bertz CT molecular complexity index is 1590. The maximum absolute atomic E-state index is 12.8. The zero-order valence-electron chi connectivity index (χ0n) is 19.5. The van der Waals surface area contributed by atoms with Gasteiger partial charge in [-0.3, -0.25) is 9.78 Å². The van der Waals surface area contributed by atoms with E-state index in [0.29, 0.717) is 28.6 Å². The van der Waals surface area contributed by atoms with Crippen LogP contribution in [0.2, 0.25) is 0 Å². The Morgan fingerprint density at radius 3 is 2.68 bits per heavy atom. The molecule has 0 atom stereocenters. The lowest BCUT2D eigenvalue weighted by Crippen LogP contribution is -2.23. The summed E-state index contributed by atoms with van der Waals surface area (Å²) in [5.74, 6) is 0.488. The van der Waals surface area contributed by atoms with Crippen LogP contribution >= 0.6 is 0 Å². The Morgan fingerprint density at radius 1 is 1.00 bits per heavy atom. The number of hydrogen-bond donors (Lipinski definition) is 1. The lowest BCUT2D eigenvalue weighted by Gasteiger charge is -2.08. The van der Waals surface area contributed by atoms with Gasteiger partial charge in [-0.05, 0) is 54.6 Å². The lowest BCUT2D eigenvalue weighted by atomic mass is 10.2. The summed E-state index contributed by atoms with van der Waals surface area (Å²) in [5, 5.41) is 4.06. The molecule has 0 fully saturated rings. The highest BCUT2D eigenvalue weighted by atomic mass is 16.5. The van der Waals surface area contributed by atoms with E-state index in [2.05, 4.69) is 20.5 Å². The van der Waals surface area contributed by atoms with Crippen molar-refractivity contribution in [3.63, 3.8) is 0 Å². The minimum Gasteiger partial charge on any atom is -0.465 e. The predicted octanol–water partition coefficient (Wildman–Crippen LogP) is 4.46. The number of imidazole rings is 1. The molecular formula is C28H21N5O4. The zero-order valence-corrected chi connectivity index (χ0v) is 19.5. The molecule has 0 saturated heterocycles. The second kappa shape index (κ2) is 11.0. The molecule has 0 aliphatic rings. The van der Waals surface area contributed by atoms with Crippen molar-refractivity contribution in [1.82, 2.24) is 20.0 Å². The van der Waals surface area contributed by atoms with Crippen LogP contribution in [-0.2, 0) is 16.1 Å². The number of amides is 1. The second-order valence-electron chi connectivity index (χ2n) is 7.83. The van der Waals surface area contributed by atoms with Crippen LogP contribution in [0.25, 0.3) is 28.6 Å².